The predicted molar refractivity (Wildman–Crippen MR) is 159 cm³/mol. The fraction of sp³-hybridized carbons (Fsp3) is 0.344. The lowest BCUT2D eigenvalue weighted by Crippen LogP contribution is -2.58. The van der Waals surface area contributed by atoms with Gasteiger partial charge in [0.05, 0.1) is 13.8 Å². The van der Waals surface area contributed by atoms with E-state index in [0.717, 1.165) is 28.3 Å². The summed E-state index contributed by atoms with van der Waals surface area (Å²) in [5, 5.41) is 5.92. The number of amides is 4. The zero-order valence-corrected chi connectivity index (χ0v) is 23.6. The number of benzene rings is 3. The molecule has 0 atom stereocenters. The van der Waals surface area contributed by atoms with Crippen LogP contribution in [0.15, 0.2) is 78.9 Å². The first-order chi connectivity index (χ1) is 19.9. The maximum atomic E-state index is 13.9. The molecule has 0 aliphatic carbocycles. The van der Waals surface area contributed by atoms with E-state index in [-0.39, 0.29) is 24.4 Å². The van der Waals surface area contributed by atoms with E-state index < -0.39 is 5.54 Å². The second kappa shape index (κ2) is 12.3. The van der Waals surface area contributed by atoms with E-state index in [4.69, 9.17) is 4.74 Å². The SMILES string of the molecule is COc1ccccc1CCNC(=O)CN1CN(c2ccccc2)C2(CCN(C(=O)Nc3ccc(C)cc3)CC2)C1=O. The molecule has 0 aromatic heterocycles. The third-order valence-corrected chi connectivity index (χ3v) is 8.01. The van der Waals surface area contributed by atoms with Crippen molar-refractivity contribution in [2.75, 3.05) is 50.2 Å². The molecule has 3 aromatic carbocycles. The van der Waals surface area contributed by atoms with Gasteiger partial charge in [0.2, 0.25) is 5.91 Å². The average molecular weight is 556 g/mol. The number of aryl methyl sites for hydroxylation is 1. The van der Waals surface area contributed by atoms with Crippen molar-refractivity contribution >= 4 is 29.2 Å². The number of carbonyl (C=O) groups excluding carboxylic acids is 3. The summed E-state index contributed by atoms with van der Waals surface area (Å²) in [6.45, 7) is 3.62. The molecule has 0 bridgehead atoms. The first-order valence-corrected chi connectivity index (χ1v) is 14.0. The second-order valence-electron chi connectivity index (χ2n) is 10.6. The molecule has 41 heavy (non-hydrogen) atoms. The lowest BCUT2D eigenvalue weighted by molar-refractivity contribution is -0.137. The van der Waals surface area contributed by atoms with Gasteiger partial charge in [-0.25, -0.2) is 4.79 Å². The molecule has 0 unspecified atom stereocenters. The summed E-state index contributed by atoms with van der Waals surface area (Å²) in [6, 6.07) is 25.1. The number of rotatable bonds is 8. The number of methoxy groups -OCH3 is 1. The maximum Gasteiger partial charge on any atom is 0.321 e. The summed E-state index contributed by atoms with van der Waals surface area (Å²) >= 11 is 0. The van der Waals surface area contributed by atoms with Crippen LogP contribution in [-0.4, -0.2) is 73.1 Å². The monoisotopic (exact) mass is 555 g/mol. The minimum absolute atomic E-state index is 0.0204. The largest absolute Gasteiger partial charge is 0.496 e. The summed E-state index contributed by atoms with van der Waals surface area (Å²) in [5.41, 5.74) is 3.00. The van der Waals surface area contributed by atoms with Crippen molar-refractivity contribution < 1.29 is 19.1 Å². The number of hydrogen-bond donors (Lipinski definition) is 2. The first kappa shape index (κ1) is 28.0. The fourth-order valence-electron chi connectivity index (χ4n) is 5.72. The van der Waals surface area contributed by atoms with E-state index in [1.807, 2.05) is 85.8 Å². The zero-order chi connectivity index (χ0) is 28.8. The van der Waals surface area contributed by atoms with Gasteiger partial charge in [-0.15, -0.1) is 0 Å². The highest BCUT2D eigenvalue weighted by molar-refractivity contribution is 5.97. The molecule has 2 N–H and O–H groups in total. The van der Waals surface area contributed by atoms with Crippen molar-refractivity contribution in [1.82, 2.24) is 15.1 Å². The van der Waals surface area contributed by atoms with Gasteiger partial charge in [-0.2, -0.15) is 0 Å². The van der Waals surface area contributed by atoms with E-state index >= 15 is 0 Å². The van der Waals surface area contributed by atoms with Crippen LogP contribution >= 0.6 is 0 Å². The quantitative estimate of drug-likeness (QED) is 0.438. The Morgan fingerprint density at radius 2 is 1.61 bits per heavy atom. The molecule has 2 aliphatic rings. The van der Waals surface area contributed by atoms with Crippen LogP contribution in [0.2, 0.25) is 0 Å². The maximum absolute atomic E-state index is 13.9. The Labute approximate surface area is 241 Å². The van der Waals surface area contributed by atoms with Crippen LogP contribution in [0.3, 0.4) is 0 Å². The summed E-state index contributed by atoms with van der Waals surface area (Å²) in [6.07, 6.45) is 1.59. The smallest absolute Gasteiger partial charge is 0.321 e. The van der Waals surface area contributed by atoms with Gasteiger partial charge in [0, 0.05) is 31.0 Å². The molecular formula is C32H37N5O4. The Morgan fingerprint density at radius 1 is 0.927 bits per heavy atom. The molecular weight excluding hydrogens is 518 g/mol. The molecule has 1 spiro atoms. The Kier molecular flexibility index (Phi) is 8.42. The van der Waals surface area contributed by atoms with E-state index in [9.17, 15) is 14.4 Å². The molecule has 214 valence electrons. The van der Waals surface area contributed by atoms with Crippen LogP contribution in [0.5, 0.6) is 5.75 Å². The van der Waals surface area contributed by atoms with E-state index in [1.54, 1.807) is 16.9 Å². The molecule has 4 amide bonds. The van der Waals surface area contributed by atoms with Crippen LogP contribution in [0.25, 0.3) is 0 Å². The number of hydrogen-bond acceptors (Lipinski definition) is 5. The number of para-hydroxylation sites is 2. The van der Waals surface area contributed by atoms with Crippen LogP contribution in [0.4, 0.5) is 16.2 Å². The van der Waals surface area contributed by atoms with Gasteiger partial charge in [0.25, 0.3) is 5.91 Å². The van der Waals surface area contributed by atoms with Crippen LogP contribution in [0.1, 0.15) is 24.0 Å². The van der Waals surface area contributed by atoms with Crippen LogP contribution < -0.4 is 20.3 Å². The van der Waals surface area contributed by atoms with Crippen LogP contribution in [0, 0.1) is 6.92 Å². The molecule has 0 radical (unpaired) electrons. The Balaban J connectivity index is 1.23. The molecule has 2 heterocycles. The highest BCUT2D eigenvalue weighted by atomic mass is 16.5. The topological polar surface area (TPSA) is 94.2 Å². The van der Waals surface area contributed by atoms with E-state index in [2.05, 4.69) is 15.5 Å². The minimum atomic E-state index is -0.806. The predicted octanol–water partition coefficient (Wildman–Crippen LogP) is 4.04. The molecule has 2 fully saturated rings. The Bertz CT molecular complexity index is 1370. The lowest BCUT2D eigenvalue weighted by atomic mass is 9.85. The van der Waals surface area contributed by atoms with Crippen molar-refractivity contribution in [3.05, 3.63) is 90.0 Å². The van der Waals surface area contributed by atoms with Gasteiger partial charge in [-0.05, 0) is 62.1 Å². The molecule has 9 heteroatoms. The van der Waals surface area contributed by atoms with Crippen molar-refractivity contribution in [1.29, 1.82) is 0 Å². The standard InChI is InChI=1S/C32H37N5O4/c1-24-12-14-26(15-13-24)34-31(40)35-20-17-32(18-21-35)30(39)36(23-37(32)27-9-4-3-5-10-27)22-29(38)33-19-16-25-8-6-7-11-28(25)41-2/h3-15H,16-23H2,1-2H3,(H,33,38)(H,34,40). The summed E-state index contributed by atoms with van der Waals surface area (Å²) in [5.74, 6) is 0.517. The number of nitrogens with zero attached hydrogens (tertiary/aromatic N) is 3. The number of urea groups is 1. The van der Waals surface area contributed by atoms with E-state index in [0.29, 0.717) is 45.6 Å². The Hall–Kier alpha value is -4.53. The molecule has 0 saturated carbocycles. The third-order valence-electron chi connectivity index (χ3n) is 8.01. The number of piperidine rings is 1. The number of likely N-dealkylation sites (tertiary alicyclic amines) is 1. The first-order valence-electron chi connectivity index (χ1n) is 14.0. The second-order valence-corrected chi connectivity index (χ2v) is 10.6. The van der Waals surface area contributed by atoms with Gasteiger partial charge in [0.1, 0.15) is 17.8 Å². The number of anilines is 2. The zero-order valence-electron chi connectivity index (χ0n) is 23.6. The molecule has 5 rings (SSSR count). The van der Waals surface area contributed by atoms with Gasteiger partial charge in [0.15, 0.2) is 0 Å². The summed E-state index contributed by atoms with van der Waals surface area (Å²) < 4.78 is 5.40. The molecule has 3 aromatic rings. The average Bonchev–Trinajstić information content (AvgIpc) is 3.25. The summed E-state index contributed by atoms with van der Waals surface area (Å²) in [7, 11) is 1.63. The number of carbonyl (C=O) groups is 3. The molecule has 2 aliphatic heterocycles. The molecule has 9 nitrogen and oxygen atoms in total. The van der Waals surface area contributed by atoms with Crippen molar-refractivity contribution in [2.24, 2.45) is 0 Å². The highest BCUT2D eigenvalue weighted by Crippen LogP contribution is 2.39. The number of ether oxygens (including phenoxy) is 1. The summed E-state index contributed by atoms with van der Waals surface area (Å²) in [4.78, 5) is 45.4. The van der Waals surface area contributed by atoms with Gasteiger partial charge in [-0.1, -0.05) is 54.1 Å². The Morgan fingerprint density at radius 3 is 2.32 bits per heavy atom. The number of nitrogens with one attached hydrogen (secondary N) is 2. The van der Waals surface area contributed by atoms with Gasteiger partial charge < -0.3 is 30.1 Å². The lowest BCUT2D eigenvalue weighted by Gasteiger charge is -2.43. The van der Waals surface area contributed by atoms with Crippen LogP contribution in [-0.2, 0) is 16.0 Å². The highest BCUT2D eigenvalue weighted by Gasteiger charge is 2.54. The normalized spacial score (nSPS) is 16.1. The van der Waals surface area contributed by atoms with Crippen molar-refractivity contribution in [2.45, 2.75) is 31.7 Å². The van der Waals surface area contributed by atoms with Crippen molar-refractivity contribution in [3.63, 3.8) is 0 Å². The molecule has 2 saturated heterocycles. The van der Waals surface area contributed by atoms with Gasteiger partial charge in [-0.3, -0.25) is 9.59 Å². The fourth-order valence-corrected chi connectivity index (χ4v) is 5.72. The third kappa shape index (κ3) is 6.14. The van der Waals surface area contributed by atoms with Gasteiger partial charge >= 0.3 is 6.03 Å². The minimum Gasteiger partial charge on any atom is -0.496 e. The van der Waals surface area contributed by atoms with E-state index in [1.165, 1.54) is 0 Å². The van der Waals surface area contributed by atoms with Crippen molar-refractivity contribution in [3.8, 4) is 5.75 Å².